The third-order valence-corrected chi connectivity index (χ3v) is 4.77. The van der Waals surface area contributed by atoms with Gasteiger partial charge in [0.1, 0.15) is 17.1 Å². The molecule has 4 heteroatoms. The summed E-state index contributed by atoms with van der Waals surface area (Å²) in [5.41, 5.74) is 4.37. The minimum atomic E-state index is -0.506. The van der Waals surface area contributed by atoms with E-state index in [1.807, 2.05) is 25.1 Å². The highest BCUT2D eigenvalue weighted by molar-refractivity contribution is 6.00. The molecule has 126 valence electrons. The Morgan fingerprint density at radius 1 is 1.04 bits per heavy atom. The predicted octanol–water partition coefficient (Wildman–Crippen LogP) is 4.12. The smallest absolute Gasteiger partial charge is 0.342 e. The molecule has 0 fully saturated rings. The van der Waals surface area contributed by atoms with Crippen molar-refractivity contribution < 1.29 is 18.7 Å². The zero-order chi connectivity index (χ0) is 17.3. The van der Waals surface area contributed by atoms with Crippen molar-refractivity contribution in [1.29, 1.82) is 0 Å². The first kappa shape index (κ1) is 16.5. The van der Waals surface area contributed by atoms with E-state index in [2.05, 4.69) is 0 Å². The number of esters is 1. The minimum Gasteiger partial charge on any atom is -0.465 e. The molecule has 0 bridgehead atoms. The van der Waals surface area contributed by atoms with Crippen LogP contribution >= 0.6 is 0 Å². The maximum atomic E-state index is 12.3. The Morgan fingerprint density at radius 2 is 1.75 bits per heavy atom. The highest BCUT2D eigenvalue weighted by Crippen LogP contribution is 2.23. The lowest BCUT2D eigenvalue weighted by Gasteiger charge is -2.16. The van der Waals surface area contributed by atoms with Gasteiger partial charge in [-0.15, -0.1) is 0 Å². The molecule has 0 amide bonds. The summed E-state index contributed by atoms with van der Waals surface area (Å²) in [5.74, 6) is 0.539. The highest BCUT2D eigenvalue weighted by Gasteiger charge is 2.21. The van der Waals surface area contributed by atoms with Crippen LogP contribution in [0.5, 0.6) is 0 Å². The van der Waals surface area contributed by atoms with Crippen LogP contribution in [-0.4, -0.2) is 18.4 Å². The number of Topliss-reactive ketones (excluding diaryl/α,β-unsaturated/α-hetero) is 1. The van der Waals surface area contributed by atoms with Gasteiger partial charge in [-0.05, 0) is 63.6 Å². The maximum absolute atomic E-state index is 12.3. The average molecular weight is 326 g/mol. The molecule has 1 aromatic carbocycles. The van der Waals surface area contributed by atoms with Gasteiger partial charge in [-0.25, -0.2) is 4.79 Å². The normalized spacial score (nSPS) is 13.5. The van der Waals surface area contributed by atoms with Gasteiger partial charge < -0.3 is 9.15 Å². The minimum absolute atomic E-state index is 0.174. The number of rotatable bonds is 4. The number of hydrogen-bond donors (Lipinski definition) is 0. The standard InChI is InChI=1S/C20H22O4/c1-12-13(2)24-14(3)19(12)20(22)23-11-18(21)17-9-8-15-6-4-5-7-16(15)10-17/h8-10H,4-7,11H2,1-3H3. The molecule has 0 unspecified atom stereocenters. The van der Waals surface area contributed by atoms with Gasteiger partial charge in [0.05, 0.1) is 0 Å². The molecule has 4 nitrogen and oxygen atoms in total. The molecule has 0 aliphatic heterocycles. The fourth-order valence-corrected chi connectivity index (χ4v) is 3.29. The van der Waals surface area contributed by atoms with Crippen LogP contribution in [0.4, 0.5) is 0 Å². The third-order valence-electron chi connectivity index (χ3n) is 4.77. The quantitative estimate of drug-likeness (QED) is 0.626. The molecule has 1 aliphatic carbocycles. The van der Waals surface area contributed by atoms with Crippen molar-refractivity contribution in [3.63, 3.8) is 0 Å². The SMILES string of the molecule is Cc1oc(C)c(C(=O)OCC(=O)c2ccc3c(c2)CCCC3)c1C. The lowest BCUT2D eigenvalue weighted by Crippen LogP contribution is -2.16. The summed E-state index contributed by atoms with van der Waals surface area (Å²) >= 11 is 0. The summed E-state index contributed by atoms with van der Waals surface area (Å²) in [6, 6.07) is 5.80. The van der Waals surface area contributed by atoms with E-state index in [1.54, 1.807) is 13.8 Å². The molecule has 0 radical (unpaired) electrons. The van der Waals surface area contributed by atoms with E-state index in [0.717, 1.165) is 24.8 Å². The fraction of sp³-hybridized carbons (Fsp3) is 0.400. The molecule has 0 N–H and O–H groups in total. The summed E-state index contributed by atoms with van der Waals surface area (Å²) in [5, 5.41) is 0. The summed E-state index contributed by atoms with van der Waals surface area (Å²) in [4.78, 5) is 24.6. The Balaban J connectivity index is 1.68. The number of benzene rings is 1. The number of furan rings is 1. The first-order valence-electron chi connectivity index (χ1n) is 8.36. The van der Waals surface area contributed by atoms with Gasteiger partial charge in [0.15, 0.2) is 12.4 Å². The number of carbonyl (C=O) groups is 2. The number of ketones is 1. The third kappa shape index (κ3) is 3.14. The van der Waals surface area contributed by atoms with Crippen LogP contribution in [-0.2, 0) is 17.6 Å². The van der Waals surface area contributed by atoms with Crippen molar-refractivity contribution in [1.82, 2.24) is 0 Å². The molecule has 0 atom stereocenters. The van der Waals surface area contributed by atoms with Gasteiger partial charge in [-0.1, -0.05) is 12.1 Å². The van der Waals surface area contributed by atoms with Crippen molar-refractivity contribution >= 4 is 11.8 Å². The summed E-state index contributed by atoms with van der Waals surface area (Å²) in [7, 11) is 0. The van der Waals surface area contributed by atoms with Crippen LogP contribution < -0.4 is 0 Å². The van der Waals surface area contributed by atoms with Crippen molar-refractivity contribution in [3.05, 3.63) is 57.5 Å². The van der Waals surface area contributed by atoms with E-state index >= 15 is 0 Å². The van der Waals surface area contributed by atoms with Crippen LogP contribution in [0, 0.1) is 20.8 Å². The molecular formula is C20H22O4. The monoisotopic (exact) mass is 326 g/mol. The molecule has 0 saturated heterocycles. The second kappa shape index (κ2) is 6.63. The van der Waals surface area contributed by atoms with E-state index in [1.165, 1.54) is 17.5 Å². The molecule has 1 aliphatic rings. The average Bonchev–Trinajstić information content (AvgIpc) is 2.84. The van der Waals surface area contributed by atoms with Gasteiger partial charge in [-0.2, -0.15) is 0 Å². The Morgan fingerprint density at radius 3 is 2.42 bits per heavy atom. The van der Waals surface area contributed by atoms with Crippen molar-refractivity contribution in [2.45, 2.75) is 46.5 Å². The maximum Gasteiger partial charge on any atom is 0.342 e. The number of fused-ring (bicyclic) bond motifs is 1. The van der Waals surface area contributed by atoms with Crippen molar-refractivity contribution in [2.24, 2.45) is 0 Å². The molecule has 0 spiro atoms. The second-order valence-electron chi connectivity index (χ2n) is 6.40. The van der Waals surface area contributed by atoms with Gasteiger partial charge in [0.2, 0.25) is 0 Å². The summed E-state index contributed by atoms with van der Waals surface area (Å²) in [6.07, 6.45) is 4.47. The summed E-state index contributed by atoms with van der Waals surface area (Å²) in [6.45, 7) is 5.09. The first-order chi connectivity index (χ1) is 11.5. The van der Waals surface area contributed by atoms with Gasteiger partial charge in [-0.3, -0.25) is 4.79 Å². The van der Waals surface area contributed by atoms with E-state index in [4.69, 9.17) is 9.15 Å². The van der Waals surface area contributed by atoms with E-state index in [0.29, 0.717) is 22.6 Å². The van der Waals surface area contributed by atoms with E-state index < -0.39 is 5.97 Å². The van der Waals surface area contributed by atoms with Crippen LogP contribution in [0.1, 0.15) is 61.8 Å². The number of aryl methyl sites for hydroxylation is 4. The molecule has 24 heavy (non-hydrogen) atoms. The highest BCUT2D eigenvalue weighted by atomic mass is 16.5. The largest absolute Gasteiger partial charge is 0.465 e. The van der Waals surface area contributed by atoms with E-state index in [9.17, 15) is 9.59 Å². The van der Waals surface area contributed by atoms with Gasteiger partial charge in [0.25, 0.3) is 0 Å². The van der Waals surface area contributed by atoms with Gasteiger partial charge >= 0.3 is 5.97 Å². The zero-order valence-electron chi connectivity index (χ0n) is 14.4. The number of carbonyl (C=O) groups excluding carboxylic acids is 2. The first-order valence-corrected chi connectivity index (χ1v) is 8.36. The Labute approximate surface area is 141 Å². The molecule has 1 aromatic heterocycles. The lowest BCUT2D eigenvalue weighted by atomic mass is 9.90. The zero-order valence-corrected chi connectivity index (χ0v) is 14.4. The van der Waals surface area contributed by atoms with Crippen molar-refractivity contribution in [2.75, 3.05) is 6.61 Å². The summed E-state index contributed by atoms with van der Waals surface area (Å²) < 4.78 is 10.6. The van der Waals surface area contributed by atoms with Gasteiger partial charge in [0, 0.05) is 11.1 Å². The second-order valence-corrected chi connectivity index (χ2v) is 6.40. The Hall–Kier alpha value is -2.36. The van der Waals surface area contributed by atoms with Crippen LogP contribution in [0.15, 0.2) is 22.6 Å². The van der Waals surface area contributed by atoms with Crippen LogP contribution in [0.2, 0.25) is 0 Å². The Bertz CT molecular complexity index is 798. The Kier molecular flexibility index (Phi) is 4.56. The number of ether oxygens (including phenoxy) is 1. The number of hydrogen-bond acceptors (Lipinski definition) is 4. The van der Waals surface area contributed by atoms with E-state index in [-0.39, 0.29) is 12.4 Å². The molecule has 0 saturated carbocycles. The predicted molar refractivity (Wildman–Crippen MR) is 90.6 cm³/mol. The molecule has 3 rings (SSSR count). The van der Waals surface area contributed by atoms with Crippen molar-refractivity contribution in [3.8, 4) is 0 Å². The topological polar surface area (TPSA) is 56.5 Å². The van der Waals surface area contributed by atoms with Crippen LogP contribution in [0.3, 0.4) is 0 Å². The molecular weight excluding hydrogens is 304 g/mol. The fourth-order valence-electron chi connectivity index (χ4n) is 3.29. The molecule has 1 heterocycles. The molecule has 2 aromatic rings. The lowest BCUT2D eigenvalue weighted by molar-refractivity contribution is 0.0472. The van der Waals surface area contributed by atoms with Crippen LogP contribution in [0.25, 0.3) is 0 Å².